The summed E-state index contributed by atoms with van der Waals surface area (Å²) < 4.78 is 10.8. The Balaban J connectivity index is 1.98. The minimum Gasteiger partial charge on any atom is -0.472 e. The first-order valence-electron chi connectivity index (χ1n) is 5.73. The van der Waals surface area contributed by atoms with Crippen LogP contribution in [0.4, 0.5) is 0 Å². The number of hydrogen-bond acceptors (Lipinski definition) is 5. The van der Waals surface area contributed by atoms with E-state index in [0.717, 1.165) is 18.1 Å². The van der Waals surface area contributed by atoms with Gasteiger partial charge in [-0.1, -0.05) is 0 Å². The van der Waals surface area contributed by atoms with E-state index in [9.17, 15) is 4.79 Å². The summed E-state index contributed by atoms with van der Waals surface area (Å²) in [4.78, 5) is 20.6. The molecule has 2 heterocycles. The largest absolute Gasteiger partial charge is 0.472 e. The predicted molar refractivity (Wildman–Crippen MR) is 63.2 cm³/mol. The molecule has 0 aromatic carbocycles. The molecule has 98 valence electrons. The Bertz CT molecular complexity index is 401. The Hall–Kier alpha value is -1.66. The Morgan fingerprint density at radius 3 is 2.94 bits per heavy atom. The highest BCUT2D eigenvalue weighted by atomic mass is 16.7. The van der Waals surface area contributed by atoms with Crippen LogP contribution in [0.5, 0.6) is 5.88 Å². The van der Waals surface area contributed by atoms with E-state index in [1.165, 1.54) is 13.3 Å². The summed E-state index contributed by atoms with van der Waals surface area (Å²) in [5.41, 5.74) is 0.453. The summed E-state index contributed by atoms with van der Waals surface area (Å²) in [6.45, 7) is 1.31. The van der Waals surface area contributed by atoms with Crippen molar-refractivity contribution < 1.29 is 19.1 Å². The maximum Gasteiger partial charge on any atom is 0.278 e. The van der Waals surface area contributed by atoms with Crippen molar-refractivity contribution in [2.24, 2.45) is 0 Å². The van der Waals surface area contributed by atoms with Gasteiger partial charge in [0.15, 0.2) is 0 Å². The molecule has 1 atom stereocenters. The van der Waals surface area contributed by atoms with Gasteiger partial charge in [0.25, 0.3) is 5.91 Å². The molecule has 1 aromatic rings. The van der Waals surface area contributed by atoms with Gasteiger partial charge in [0, 0.05) is 25.7 Å². The number of aromatic nitrogens is 1. The van der Waals surface area contributed by atoms with Crippen molar-refractivity contribution in [3.8, 4) is 5.88 Å². The third kappa shape index (κ3) is 2.96. The molecule has 1 fully saturated rings. The minimum atomic E-state index is -0.249. The van der Waals surface area contributed by atoms with Crippen LogP contribution in [0.25, 0.3) is 0 Å². The number of ether oxygens (including phenoxy) is 2. The molecule has 6 heteroatoms. The van der Waals surface area contributed by atoms with Gasteiger partial charge in [0.05, 0.1) is 25.9 Å². The fraction of sp³-hybridized carbons (Fsp3) is 0.500. The number of carbonyl (C=O) groups is 1. The molecule has 1 amide bonds. The molecule has 0 aliphatic carbocycles. The summed E-state index contributed by atoms with van der Waals surface area (Å²) in [6, 6.07) is 3.34. The number of amides is 1. The van der Waals surface area contributed by atoms with E-state index < -0.39 is 0 Å². The number of pyridine rings is 1. The number of hydrogen-bond donors (Lipinski definition) is 0. The van der Waals surface area contributed by atoms with Crippen LogP contribution in [-0.4, -0.2) is 49.4 Å². The highest BCUT2D eigenvalue weighted by Gasteiger charge is 2.18. The van der Waals surface area contributed by atoms with Crippen molar-refractivity contribution in [3.63, 3.8) is 0 Å². The van der Waals surface area contributed by atoms with Gasteiger partial charge in [-0.25, -0.2) is 10.0 Å². The van der Waals surface area contributed by atoms with Gasteiger partial charge < -0.3 is 9.47 Å². The molecule has 1 saturated heterocycles. The van der Waals surface area contributed by atoms with Crippen LogP contribution in [-0.2, 0) is 9.57 Å². The number of nitrogens with zero attached hydrogens (tertiary/aromatic N) is 2. The SMILES string of the molecule is CON(C)C(=O)c1ccc(OC2CCOC2)nc1. The van der Waals surface area contributed by atoms with Crippen molar-refractivity contribution in [1.82, 2.24) is 10.0 Å². The van der Waals surface area contributed by atoms with Gasteiger partial charge in [-0.3, -0.25) is 9.63 Å². The van der Waals surface area contributed by atoms with E-state index in [0.29, 0.717) is 18.1 Å². The summed E-state index contributed by atoms with van der Waals surface area (Å²) in [5.74, 6) is 0.253. The Kier molecular flexibility index (Phi) is 4.11. The molecule has 1 aliphatic rings. The lowest BCUT2D eigenvalue weighted by Crippen LogP contribution is -2.25. The van der Waals surface area contributed by atoms with Gasteiger partial charge in [-0.2, -0.15) is 0 Å². The summed E-state index contributed by atoms with van der Waals surface area (Å²) in [5, 5.41) is 1.14. The van der Waals surface area contributed by atoms with Gasteiger partial charge in [0.1, 0.15) is 6.10 Å². The molecule has 1 aliphatic heterocycles. The van der Waals surface area contributed by atoms with Crippen LogP contribution in [0, 0.1) is 0 Å². The molecular formula is C12H16N2O4. The number of hydroxylamine groups is 2. The lowest BCUT2D eigenvalue weighted by molar-refractivity contribution is -0.0757. The molecule has 0 spiro atoms. The molecule has 18 heavy (non-hydrogen) atoms. The lowest BCUT2D eigenvalue weighted by Gasteiger charge is -2.14. The summed E-state index contributed by atoms with van der Waals surface area (Å²) >= 11 is 0. The zero-order valence-electron chi connectivity index (χ0n) is 10.5. The molecule has 2 rings (SSSR count). The van der Waals surface area contributed by atoms with Crippen LogP contribution < -0.4 is 4.74 Å². The van der Waals surface area contributed by atoms with E-state index in [4.69, 9.17) is 14.3 Å². The normalized spacial score (nSPS) is 18.7. The van der Waals surface area contributed by atoms with Crippen molar-refractivity contribution in [3.05, 3.63) is 23.9 Å². The summed E-state index contributed by atoms with van der Waals surface area (Å²) in [6.07, 6.45) is 2.40. The standard InChI is InChI=1S/C12H16N2O4/c1-14(16-2)12(15)9-3-4-11(13-7-9)18-10-5-6-17-8-10/h3-4,7,10H,5-6,8H2,1-2H3. The van der Waals surface area contributed by atoms with Crippen LogP contribution >= 0.6 is 0 Å². The molecule has 6 nitrogen and oxygen atoms in total. The average molecular weight is 252 g/mol. The Morgan fingerprint density at radius 1 is 1.56 bits per heavy atom. The highest BCUT2D eigenvalue weighted by Crippen LogP contribution is 2.15. The van der Waals surface area contributed by atoms with Crippen molar-refractivity contribution >= 4 is 5.91 Å². The topological polar surface area (TPSA) is 60.9 Å². The van der Waals surface area contributed by atoms with Crippen LogP contribution in [0.2, 0.25) is 0 Å². The van der Waals surface area contributed by atoms with E-state index in [1.54, 1.807) is 19.2 Å². The fourth-order valence-electron chi connectivity index (χ4n) is 1.62. The molecule has 0 saturated carbocycles. The second kappa shape index (κ2) is 5.79. The fourth-order valence-corrected chi connectivity index (χ4v) is 1.62. The predicted octanol–water partition coefficient (Wildman–Crippen LogP) is 0.883. The molecule has 0 N–H and O–H groups in total. The maximum absolute atomic E-state index is 11.7. The average Bonchev–Trinajstić information content (AvgIpc) is 2.91. The number of carbonyl (C=O) groups excluding carboxylic acids is 1. The second-order valence-corrected chi connectivity index (χ2v) is 3.97. The molecule has 1 unspecified atom stereocenters. The van der Waals surface area contributed by atoms with Crippen molar-refractivity contribution in [2.45, 2.75) is 12.5 Å². The molecule has 1 aromatic heterocycles. The van der Waals surface area contributed by atoms with Crippen LogP contribution in [0.1, 0.15) is 16.8 Å². The van der Waals surface area contributed by atoms with E-state index in [-0.39, 0.29) is 12.0 Å². The summed E-state index contributed by atoms with van der Waals surface area (Å²) in [7, 11) is 2.98. The molecular weight excluding hydrogens is 236 g/mol. The smallest absolute Gasteiger partial charge is 0.278 e. The van der Waals surface area contributed by atoms with Crippen LogP contribution in [0.15, 0.2) is 18.3 Å². The number of rotatable bonds is 4. The van der Waals surface area contributed by atoms with E-state index in [1.807, 2.05) is 0 Å². The Labute approximate surface area is 105 Å². The van der Waals surface area contributed by atoms with Gasteiger partial charge >= 0.3 is 0 Å². The minimum absolute atomic E-state index is 0.0562. The van der Waals surface area contributed by atoms with Gasteiger partial charge in [-0.15, -0.1) is 0 Å². The van der Waals surface area contributed by atoms with Crippen molar-refractivity contribution in [1.29, 1.82) is 0 Å². The monoisotopic (exact) mass is 252 g/mol. The van der Waals surface area contributed by atoms with E-state index >= 15 is 0 Å². The Morgan fingerprint density at radius 2 is 2.39 bits per heavy atom. The zero-order valence-corrected chi connectivity index (χ0v) is 10.5. The lowest BCUT2D eigenvalue weighted by atomic mass is 10.2. The van der Waals surface area contributed by atoms with Gasteiger partial charge in [-0.05, 0) is 6.07 Å². The van der Waals surface area contributed by atoms with Crippen LogP contribution in [0.3, 0.4) is 0 Å². The third-order valence-corrected chi connectivity index (χ3v) is 2.72. The zero-order chi connectivity index (χ0) is 13.0. The quantitative estimate of drug-likeness (QED) is 0.744. The molecule has 0 bridgehead atoms. The maximum atomic E-state index is 11.7. The highest BCUT2D eigenvalue weighted by molar-refractivity contribution is 5.93. The van der Waals surface area contributed by atoms with Gasteiger partial charge in [0.2, 0.25) is 5.88 Å². The second-order valence-electron chi connectivity index (χ2n) is 3.97. The molecule has 0 radical (unpaired) electrons. The first-order valence-corrected chi connectivity index (χ1v) is 5.73. The first-order chi connectivity index (χ1) is 8.70. The van der Waals surface area contributed by atoms with E-state index in [2.05, 4.69) is 4.98 Å². The van der Waals surface area contributed by atoms with Crippen molar-refractivity contribution in [2.75, 3.05) is 27.4 Å². The first kappa shape index (κ1) is 12.8. The third-order valence-electron chi connectivity index (χ3n) is 2.72.